The van der Waals surface area contributed by atoms with Gasteiger partial charge in [0, 0.05) is 12.6 Å². The Morgan fingerprint density at radius 2 is 1.89 bits per heavy atom. The van der Waals surface area contributed by atoms with E-state index in [1.54, 1.807) is 6.07 Å². The van der Waals surface area contributed by atoms with Crippen molar-refractivity contribution in [1.82, 2.24) is 10.2 Å². The lowest BCUT2D eigenvalue weighted by molar-refractivity contribution is -0.137. The number of ether oxygens (including phenoxy) is 1. The molecule has 0 atom stereocenters. The third kappa shape index (κ3) is 3.41. The number of benzene rings is 1. The Kier molecular flexibility index (Phi) is 3.66. The first-order chi connectivity index (χ1) is 8.99. The number of nitrogens with zero attached hydrogens (tertiary/aromatic N) is 2. The zero-order valence-electron chi connectivity index (χ0n) is 9.69. The second kappa shape index (κ2) is 5.23. The molecule has 0 saturated heterocycles. The molecule has 0 unspecified atom stereocenters. The molecule has 0 saturated carbocycles. The molecule has 0 radical (unpaired) electrons. The van der Waals surface area contributed by atoms with Crippen molar-refractivity contribution in [1.29, 1.82) is 0 Å². The van der Waals surface area contributed by atoms with Gasteiger partial charge in [-0.2, -0.15) is 18.3 Å². The number of aromatic nitrogens is 2. The molecular formula is C12H10F3N3O. The molecule has 0 spiro atoms. The Hall–Kier alpha value is -2.15. The van der Waals surface area contributed by atoms with Gasteiger partial charge in [-0.3, -0.25) is 0 Å². The first-order valence-corrected chi connectivity index (χ1v) is 5.37. The number of nitrogens with two attached hydrogens (primary N) is 1. The minimum absolute atomic E-state index is 0.0459. The molecule has 0 fully saturated rings. The van der Waals surface area contributed by atoms with Gasteiger partial charge >= 0.3 is 6.18 Å². The van der Waals surface area contributed by atoms with Gasteiger partial charge in [-0.25, -0.2) is 0 Å². The van der Waals surface area contributed by atoms with Crippen LogP contribution in [0.2, 0.25) is 0 Å². The average Bonchev–Trinajstić information content (AvgIpc) is 2.39. The molecule has 2 aromatic rings. The maximum atomic E-state index is 12.5. The first-order valence-electron chi connectivity index (χ1n) is 5.37. The molecule has 0 amide bonds. The van der Waals surface area contributed by atoms with Crippen LogP contribution in [-0.2, 0) is 12.7 Å². The maximum Gasteiger partial charge on any atom is 0.416 e. The van der Waals surface area contributed by atoms with Crippen molar-refractivity contribution >= 4 is 0 Å². The van der Waals surface area contributed by atoms with Crippen LogP contribution in [0.5, 0.6) is 11.6 Å². The summed E-state index contributed by atoms with van der Waals surface area (Å²) in [6, 6.07) is 7.63. The summed E-state index contributed by atoms with van der Waals surface area (Å²) in [6.45, 7) is 0.233. The van der Waals surface area contributed by atoms with Crippen LogP contribution < -0.4 is 10.5 Å². The van der Waals surface area contributed by atoms with Crippen molar-refractivity contribution < 1.29 is 17.9 Å². The van der Waals surface area contributed by atoms with Crippen molar-refractivity contribution in [3.8, 4) is 11.6 Å². The fraction of sp³-hybridized carbons (Fsp3) is 0.167. The van der Waals surface area contributed by atoms with Crippen molar-refractivity contribution in [2.75, 3.05) is 0 Å². The van der Waals surface area contributed by atoms with E-state index >= 15 is 0 Å². The highest BCUT2D eigenvalue weighted by Crippen LogP contribution is 2.32. The van der Waals surface area contributed by atoms with Crippen molar-refractivity contribution in [3.05, 3.63) is 47.7 Å². The van der Waals surface area contributed by atoms with Gasteiger partial charge in [0.15, 0.2) is 0 Å². The Labute approximate surface area is 107 Å². The smallest absolute Gasteiger partial charge is 0.416 e. The van der Waals surface area contributed by atoms with E-state index in [2.05, 4.69) is 10.2 Å². The standard InChI is InChI=1S/C12H10F3N3O/c13-12(14,15)8-2-1-3-10(6-8)19-11-5-4-9(7-16)17-18-11/h1-6H,7,16H2. The highest BCUT2D eigenvalue weighted by atomic mass is 19.4. The number of halogens is 3. The van der Waals surface area contributed by atoms with E-state index in [9.17, 15) is 13.2 Å². The van der Waals surface area contributed by atoms with Crippen molar-refractivity contribution in [2.24, 2.45) is 5.73 Å². The Bertz CT molecular complexity index is 555. The second-order valence-corrected chi connectivity index (χ2v) is 3.69. The fourth-order valence-electron chi connectivity index (χ4n) is 1.37. The molecule has 19 heavy (non-hydrogen) atoms. The van der Waals surface area contributed by atoms with Crippen LogP contribution in [0, 0.1) is 0 Å². The fourth-order valence-corrected chi connectivity index (χ4v) is 1.37. The van der Waals surface area contributed by atoms with Gasteiger partial charge in [0.1, 0.15) is 5.75 Å². The van der Waals surface area contributed by atoms with E-state index in [0.29, 0.717) is 5.69 Å². The van der Waals surface area contributed by atoms with Crippen LogP contribution in [0.15, 0.2) is 36.4 Å². The van der Waals surface area contributed by atoms with E-state index in [0.717, 1.165) is 12.1 Å². The summed E-state index contributed by atoms with van der Waals surface area (Å²) in [6.07, 6.45) is -4.41. The van der Waals surface area contributed by atoms with Gasteiger partial charge in [-0.15, -0.1) is 5.10 Å². The molecular weight excluding hydrogens is 259 g/mol. The van der Waals surface area contributed by atoms with Gasteiger partial charge in [-0.05, 0) is 24.3 Å². The summed E-state index contributed by atoms with van der Waals surface area (Å²) < 4.78 is 42.7. The van der Waals surface area contributed by atoms with E-state index in [-0.39, 0.29) is 18.2 Å². The van der Waals surface area contributed by atoms with Crippen LogP contribution in [-0.4, -0.2) is 10.2 Å². The van der Waals surface area contributed by atoms with Gasteiger partial charge in [-0.1, -0.05) is 6.07 Å². The molecule has 0 aliphatic heterocycles. The second-order valence-electron chi connectivity index (χ2n) is 3.69. The molecule has 0 aliphatic rings. The van der Waals surface area contributed by atoms with Crippen LogP contribution in [0.3, 0.4) is 0 Å². The molecule has 1 aromatic heterocycles. The lowest BCUT2D eigenvalue weighted by atomic mass is 10.2. The minimum atomic E-state index is -4.41. The minimum Gasteiger partial charge on any atom is -0.438 e. The van der Waals surface area contributed by atoms with Crippen molar-refractivity contribution in [3.63, 3.8) is 0 Å². The van der Waals surface area contributed by atoms with Crippen LogP contribution in [0.1, 0.15) is 11.3 Å². The Morgan fingerprint density at radius 3 is 2.47 bits per heavy atom. The largest absolute Gasteiger partial charge is 0.438 e. The summed E-state index contributed by atoms with van der Waals surface area (Å²) in [4.78, 5) is 0. The van der Waals surface area contributed by atoms with Gasteiger partial charge in [0.2, 0.25) is 5.88 Å². The van der Waals surface area contributed by atoms with Gasteiger partial charge in [0.25, 0.3) is 0 Å². The van der Waals surface area contributed by atoms with E-state index in [1.165, 1.54) is 18.2 Å². The van der Waals surface area contributed by atoms with Crippen LogP contribution >= 0.6 is 0 Å². The van der Waals surface area contributed by atoms with E-state index in [4.69, 9.17) is 10.5 Å². The first kappa shape index (κ1) is 13.3. The maximum absolute atomic E-state index is 12.5. The normalized spacial score (nSPS) is 11.4. The zero-order valence-corrected chi connectivity index (χ0v) is 9.69. The van der Waals surface area contributed by atoms with Crippen LogP contribution in [0.4, 0.5) is 13.2 Å². The predicted octanol–water partition coefficient (Wildman–Crippen LogP) is 2.75. The van der Waals surface area contributed by atoms with Gasteiger partial charge in [0.05, 0.1) is 11.3 Å². The summed E-state index contributed by atoms with van der Waals surface area (Å²) in [5.74, 6) is 0.154. The molecule has 0 aliphatic carbocycles. The molecule has 2 rings (SSSR count). The Balaban J connectivity index is 2.18. The van der Waals surface area contributed by atoms with E-state index < -0.39 is 11.7 Å². The lowest BCUT2D eigenvalue weighted by Crippen LogP contribution is -2.05. The highest BCUT2D eigenvalue weighted by molar-refractivity contribution is 5.32. The number of hydrogen-bond donors (Lipinski definition) is 1. The monoisotopic (exact) mass is 269 g/mol. The van der Waals surface area contributed by atoms with Gasteiger partial charge < -0.3 is 10.5 Å². The predicted molar refractivity (Wildman–Crippen MR) is 61.4 cm³/mol. The molecule has 7 heteroatoms. The highest BCUT2D eigenvalue weighted by Gasteiger charge is 2.30. The van der Waals surface area contributed by atoms with E-state index in [1.807, 2.05) is 0 Å². The zero-order chi connectivity index (χ0) is 13.9. The summed E-state index contributed by atoms with van der Waals surface area (Å²) in [5, 5.41) is 7.45. The Morgan fingerprint density at radius 1 is 1.11 bits per heavy atom. The SMILES string of the molecule is NCc1ccc(Oc2cccc(C(F)(F)F)c2)nn1. The summed E-state index contributed by atoms with van der Waals surface area (Å²) >= 11 is 0. The lowest BCUT2D eigenvalue weighted by Gasteiger charge is -2.09. The number of rotatable bonds is 3. The average molecular weight is 269 g/mol. The topological polar surface area (TPSA) is 61.0 Å². The van der Waals surface area contributed by atoms with Crippen LogP contribution in [0.25, 0.3) is 0 Å². The molecule has 0 bridgehead atoms. The third-order valence-electron chi connectivity index (χ3n) is 2.29. The molecule has 100 valence electrons. The summed E-state index contributed by atoms with van der Waals surface area (Å²) in [5.41, 5.74) is 5.14. The molecule has 4 nitrogen and oxygen atoms in total. The quantitative estimate of drug-likeness (QED) is 0.930. The molecule has 1 aromatic carbocycles. The molecule has 2 N–H and O–H groups in total. The third-order valence-corrected chi connectivity index (χ3v) is 2.29. The van der Waals surface area contributed by atoms with Crippen molar-refractivity contribution in [2.45, 2.75) is 12.7 Å². The number of alkyl halides is 3. The summed E-state index contributed by atoms with van der Waals surface area (Å²) in [7, 11) is 0. The molecule has 1 heterocycles. The number of hydrogen-bond acceptors (Lipinski definition) is 4.